The number of nitrogens with zero attached hydrogens (tertiary/aromatic N) is 2. The van der Waals surface area contributed by atoms with Gasteiger partial charge in [-0.2, -0.15) is 0 Å². The maximum Gasteiger partial charge on any atom is 0.187 e. The van der Waals surface area contributed by atoms with Gasteiger partial charge in [0.05, 0.1) is 5.52 Å². The Morgan fingerprint density at radius 2 is 1.56 bits per heavy atom. The molecule has 0 atom stereocenters. The SMILES string of the molecule is Cc1ccc2ccccc2n1.c1ccc2c(Nc3nccs3)cccc2c1. The monoisotopic (exact) mass is 369 g/mol. The van der Waals surface area contributed by atoms with E-state index in [2.05, 4.69) is 69.9 Å². The number of rotatable bonds is 2. The molecule has 0 fully saturated rings. The molecule has 0 aliphatic heterocycles. The molecule has 1 N–H and O–H groups in total. The van der Waals surface area contributed by atoms with Gasteiger partial charge in [0.2, 0.25) is 0 Å². The molecule has 132 valence electrons. The largest absolute Gasteiger partial charge is 0.331 e. The lowest BCUT2D eigenvalue weighted by Crippen LogP contribution is -1.89. The molecule has 0 amide bonds. The van der Waals surface area contributed by atoms with E-state index in [0.717, 1.165) is 22.0 Å². The number of fused-ring (bicyclic) bond motifs is 2. The number of aromatic nitrogens is 2. The van der Waals surface area contributed by atoms with Gasteiger partial charge in [0.15, 0.2) is 5.13 Å². The summed E-state index contributed by atoms with van der Waals surface area (Å²) in [6.45, 7) is 2.01. The van der Waals surface area contributed by atoms with E-state index in [0.29, 0.717) is 0 Å². The van der Waals surface area contributed by atoms with Gasteiger partial charge in [-0.05, 0) is 30.5 Å². The molecule has 3 aromatic carbocycles. The van der Waals surface area contributed by atoms with Crippen molar-refractivity contribution in [3.8, 4) is 0 Å². The molecule has 0 aliphatic rings. The smallest absolute Gasteiger partial charge is 0.187 e. The minimum atomic E-state index is 0.927. The molecule has 5 rings (SSSR count). The predicted octanol–water partition coefficient (Wildman–Crippen LogP) is 6.58. The van der Waals surface area contributed by atoms with Crippen molar-refractivity contribution in [1.82, 2.24) is 9.97 Å². The van der Waals surface area contributed by atoms with E-state index in [1.165, 1.54) is 16.2 Å². The molecule has 5 aromatic rings. The van der Waals surface area contributed by atoms with Gasteiger partial charge in [0.1, 0.15) is 0 Å². The fourth-order valence-corrected chi connectivity index (χ4v) is 3.44. The summed E-state index contributed by atoms with van der Waals surface area (Å²) in [5.74, 6) is 0. The second-order valence-corrected chi connectivity index (χ2v) is 7.03. The normalized spacial score (nSPS) is 10.4. The zero-order valence-electron chi connectivity index (χ0n) is 15.0. The first-order valence-corrected chi connectivity index (χ1v) is 9.64. The van der Waals surface area contributed by atoms with Crippen molar-refractivity contribution >= 4 is 43.8 Å². The minimum Gasteiger partial charge on any atom is -0.331 e. The molecule has 27 heavy (non-hydrogen) atoms. The molecular formula is C23H19N3S. The van der Waals surface area contributed by atoms with Crippen molar-refractivity contribution < 1.29 is 0 Å². The number of thiazole rings is 1. The number of aryl methyl sites for hydroxylation is 1. The highest BCUT2D eigenvalue weighted by molar-refractivity contribution is 7.13. The summed E-state index contributed by atoms with van der Waals surface area (Å²) in [5, 5.41) is 9.90. The maximum absolute atomic E-state index is 4.38. The van der Waals surface area contributed by atoms with E-state index < -0.39 is 0 Å². The number of para-hydroxylation sites is 1. The van der Waals surface area contributed by atoms with Gasteiger partial charge in [-0.25, -0.2) is 4.98 Å². The predicted molar refractivity (Wildman–Crippen MR) is 116 cm³/mol. The highest BCUT2D eigenvalue weighted by atomic mass is 32.1. The maximum atomic E-state index is 4.38. The summed E-state index contributed by atoms with van der Waals surface area (Å²) < 4.78 is 0. The Hall–Kier alpha value is -3.24. The van der Waals surface area contributed by atoms with Crippen LogP contribution in [0.2, 0.25) is 0 Å². The van der Waals surface area contributed by atoms with Gasteiger partial charge in [-0.3, -0.25) is 4.98 Å². The fraction of sp³-hybridized carbons (Fsp3) is 0.0435. The van der Waals surface area contributed by atoms with E-state index in [1.54, 1.807) is 17.5 Å². The zero-order valence-corrected chi connectivity index (χ0v) is 15.8. The van der Waals surface area contributed by atoms with Crippen molar-refractivity contribution in [2.75, 3.05) is 5.32 Å². The summed E-state index contributed by atoms with van der Waals surface area (Å²) in [7, 11) is 0. The Morgan fingerprint density at radius 1 is 0.778 bits per heavy atom. The molecule has 0 saturated heterocycles. The van der Waals surface area contributed by atoms with Crippen molar-refractivity contribution in [1.29, 1.82) is 0 Å². The molecule has 3 nitrogen and oxygen atoms in total. The second-order valence-electron chi connectivity index (χ2n) is 6.13. The highest BCUT2D eigenvalue weighted by Crippen LogP contribution is 2.26. The number of hydrogen-bond acceptors (Lipinski definition) is 4. The minimum absolute atomic E-state index is 0.927. The number of nitrogens with one attached hydrogen (secondary N) is 1. The van der Waals surface area contributed by atoms with Crippen molar-refractivity contribution in [3.05, 3.63) is 96.1 Å². The quantitative estimate of drug-likeness (QED) is 0.382. The first-order chi connectivity index (χ1) is 13.3. The van der Waals surface area contributed by atoms with Crippen LogP contribution in [0.4, 0.5) is 10.8 Å². The third-order valence-corrected chi connectivity index (χ3v) is 4.89. The van der Waals surface area contributed by atoms with Gasteiger partial charge in [-0.15, -0.1) is 11.3 Å². The molecule has 0 spiro atoms. The van der Waals surface area contributed by atoms with E-state index in [1.807, 2.05) is 36.6 Å². The number of hydrogen-bond donors (Lipinski definition) is 1. The topological polar surface area (TPSA) is 37.8 Å². The van der Waals surface area contributed by atoms with Crippen LogP contribution < -0.4 is 5.32 Å². The van der Waals surface area contributed by atoms with Crippen LogP contribution in [0.1, 0.15) is 5.69 Å². The van der Waals surface area contributed by atoms with Crippen LogP contribution in [0.3, 0.4) is 0 Å². The van der Waals surface area contributed by atoms with Crippen LogP contribution in [-0.2, 0) is 0 Å². The molecule has 2 heterocycles. The summed E-state index contributed by atoms with van der Waals surface area (Å²) in [4.78, 5) is 8.60. The molecule has 0 saturated carbocycles. The lowest BCUT2D eigenvalue weighted by Gasteiger charge is -2.06. The average Bonchev–Trinajstić information content (AvgIpc) is 3.22. The van der Waals surface area contributed by atoms with E-state index >= 15 is 0 Å². The molecule has 0 aliphatic carbocycles. The Morgan fingerprint density at radius 3 is 2.41 bits per heavy atom. The molecular weight excluding hydrogens is 350 g/mol. The van der Waals surface area contributed by atoms with Gasteiger partial charge >= 0.3 is 0 Å². The van der Waals surface area contributed by atoms with Crippen LogP contribution in [0.5, 0.6) is 0 Å². The summed E-state index contributed by atoms with van der Waals surface area (Å²) >= 11 is 1.60. The lowest BCUT2D eigenvalue weighted by atomic mass is 10.1. The zero-order chi connectivity index (χ0) is 18.5. The summed E-state index contributed by atoms with van der Waals surface area (Å²) in [6, 6.07) is 26.8. The van der Waals surface area contributed by atoms with Gasteiger partial charge < -0.3 is 5.32 Å². The highest BCUT2D eigenvalue weighted by Gasteiger charge is 2.01. The van der Waals surface area contributed by atoms with Gasteiger partial charge in [-0.1, -0.05) is 60.7 Å². The van der Waals surface area contributed by atoms with Crippen LogP contribution in [0.15, 0.2) is 90.4 Å². The Bertz CT molecular complexity index is 1160. The molecule has 0 unspecified atom stereocenters. The van der Waals surface area contributed by atoms with Gasteiger partial charge in [0, 0.05) is 33.7 Å². The molecule has 0 bridgehead atoms. The van der Waals surface area contributed by atoms with Crippen molar-refractivity contribution in [2.24, 2.45) is 0 Å². The van der Waals surface area contributed by atoms with E-state index in [-0.39, 0.29) is 0 Å². The Labute approximate surface area is 162 Å². The van der Waals surface area contributed by atoms with Crippen LogP contribution in [0.25, 0.3) is 21.7 Å². The third kappa shape index (κ3) is 4.13. The van der Waals surface area contributed by atoms with Crippen molar-refractivity contribution in [3.63, 3.8) is 0 Å². The Balaban J connectivity index is 0.000000143. The second kappa shape index (κ2) is 7.98. The molecule has 4 heteroatoms. The van der Waals surface area contributed by atoms with Crippen LogP contribution in [-0.4, -0.2) is 9.97 Å². The fourth-order valence-electron chi connectivity index (χ4n) is 2.90. The van der Waals surface area contributed by atoms with Crippen LogP contribution in [0, 0.1) is 6.92 Å². The van der Waals surface area contributed by atoms with E-state index in [9.17, 15) is 0 Å². The first-order valence-electron chi connectivity index (χ1n) is 8.76. The van der Waals surface area contributed by atoms with Gasteiger partial charge in [0.25, 0.3) is 0 Å². The molecule has 2 aromatic heterocycles. The first kappa shape index (κ1) is 17.2. The number of benzene rings is 3. The number of pyridine rings is 1. The summed E-state index contributed by atoms with van der Waals surface area (Å²) in [6.07, 6.45) is 1.80. The van der Waals surface area contributed by atoms with Crippen LogP contribution >= 0.6 is 11.3 Å². The standard InChI is InChI=1S/C13H10N2S.C10H9N/c1-2-6-11-10(4-1)5-3-7-12(11)15-13-14-8-9-16-13;1-8-6-7-9-4-2-3-5-10(9)11-8/h1-9H,(H,14,15);2-7H,1H3. The van der Waals surface area contributed by atoms with E-state index in [4.69, 9.17) is 0 Å². The number of anilines is 2. The van der Waals surface area contributed by atoms with Crippen molar-refractivity contribution in [2.45, 2.75) is 6.92 Å². The average molecular weight is 369 g/mol. The Kier molecular flexibility index (Phi) is 5.08. The third-order valence-electron chi connectivity index (χ3n) is 4.20. The molecule has 0 radical (unpaired) electrons. The summed E-state index contributed by atoms with van der Waals surface area (Å²) in [5.41, 5.74) is 3.25. The lowest BCUT2D eigenvalue weighted by molar-refractivity contribution is 1.26.